The summed E-state index contributed by atoms with van der Waals surface area (Å²) in [4.78, 5) is 0. The van der Waals surface area contributed by atoms with Gasteiger partial charge in [-0.1, -0.05) is 18.6 Å². The molecule has 4 unspecified atom stereocenters. The lowest BCUT2D eigenvalue weighted by molar-refractivity contribution is -0.513. The molecule has 0 aromatic rings. The summed E-state index contributed by atoms with van der Waals surface area (Å²) in [7, 11) is 0. The third-order valence-electron chi connectivity index (χ3n) is 6.81. The number of fused-ring (bicyclic) bond motifs is 4. The monoisotopic (exact) mass is 259 g/mol. The van der Waals surface area contributed by atoms with Crippen LogP contribution in [-0.4, -0.2) is 28.9 Å². The van der Waals surface area contributed by atoms with Gasteiger partial charge in [0, 0.05) is 24.7 Å². The van der Waals surface area contributed by atoms with Gasteiger partial charge in [-0.05, 0) is 42.9 Å². The molecule has 1 N–H and O–H groups in total. The lowest BCUT2D eigenvalue weighted by Gasteiger charge is -2.45. The molecule has 0 aromatic heterocycles. The summed E-state index contributed by atoms with van der Waals surface area (Å²) < 4.78 is 2.82. The average molecular weight is 259 g/mol. The van der Waals surface area contributed by atoms with Gasteiger partial charge in [0.05, 0.1) is 0 Å². The Bertz CT molecular complexity index is 426. The van der Waals surface area contributed by atoms with Gasteiger partial charge >= 0.3 is 0 Å². The number of hydrogen-bond donors (Lipinski definition) is 0. The third kappa shape index (κ3) is 1.39. The van der Waals surface area contributed by atoms with Crippen LogP contribution >= 0.6 is 0 Å². The number of hydrogen-bond acceptors (Lipinski definition) is 1. The number of rotatable bonds is 0. The molecule has 0 radical (unpaired) electrons. The van der Waals surface area contributed by atoms with Crippen LogP contribution in [0.4, 0.5) is 0 Å². The highest BCUT2D eigenvalue weighted by atomic mass is 16.0. The molecule has 2 heteroatoms. The smallest absolute Gasteiger partial charge is 0.159 e. The summed E-state index contributed by atoms with van der Waals surface area (Å²) in [6, 6.07) is 0. The predicted molar refractivity (Wildman–Crippen MR) is 74.8 cm³/mol. The van der Waals surface area contributed by atoms with E-state index in [0.29, 0.717) is 0 Å². The van der Waals surface area contributed by atoms with Crippen LogP contribution < -0.4 is 0 Å². The molecule has 4 bridgehead atoms. The largest absolute Gasteiger partial charge is 0.870 e. The first kappa shape index (κ1) is 12.1. The molecule has 104 valence electrons. The SMILES string of the molecule is C1=CC2C3CCCC(C3=[N+]3CCCC3)C1C21CC1.[OH-]. The first-order valence-corrected chi connectivity index (χ1v) is 8.20. The van der Waals surface area contributed by atoms with E-state index in [2.05, 4.69) is 16.7 Å². The fourth-order valence-electron chi connectivity index (χ4n) is 6.03. The first-order chi connectivity index (χ1) is 8.90. The maximum Gasteiger partial charge on any atom is 0.159 e. The van der Waals surface area contributed by atoms with Crippen LogP contribution in [0.3, 0.4) is 0 Å². The lowest BCUT2D eigenvalue weighted by Crippen LogP contribution is -2.50. The van der Waals surface area contributed by atoms with Crippen LogP contribution in [0.5, 0.6) is 0 Å². The van der Waals surface area contributed by atoms with Crippen molar-refractivity contribution in [1.82, 2.24) is 0 Å². The van der Waals surface area contributed by atoms with Crippen molar-refractivity contribution in [3.63, 3.8) is 0 Å². The molecule has 5 rings (SSSR count). The van der Waals surface area contributed by atoms with Crippen LogP contribution in [0.15, 0.2) is 12.2 Å². The van der Waals surface area contributed by atoms with Gasteiger partial charge in [0.2, 0.25) is 0 Å². The fourth-order valence-corrected chi connectivity index (χ4v) is 6.03. The van der Waals surface area contributed by atoms with Crippen LogP contribution in [0.25, 0.3) is 0 Å². The molecule has 19 heavy (non-hydrogen) atoms. The Morgan fingerprint density at radius 1 is 0.895 bits per heavy atom. The minimum absolute atomic E-state index is 0. The highest BCUT2D eigenvalue weighted by molar-refractivity contribution is 5.88. The molecule has 0 aromatic carbocycles. The minimum atomic E-state index is 0. The normalized spacial score (nSPS) is 44.6. The molecule has 1 aliphatic heterocycles. The van der Waals surface area contributed by atoms with Crippen molar-refractivity contribution in [2.45, 2.75) is 44.9 Å². The molecular formula is C17H25NO. The molecule has 1 saturated heterocycles. The van der Waals surface area contributed by atoms with E-state index in [4.69, 9.17) is 0 Å². The summed E-state index contributed by atoms with van der Waals surface area (Å²) in [6.45, 7) is 2.74. The molecule has 2 nitrogen and oxygen atoms in total. The molecule has 5 aliphatic rings. The van der Waals surface area contributed by atoms with E-state index in [-0.39, 0.29) is 5.48 Å². The Morgan fingerprint density at radius 3 is 2.00 bits per heavy atom. The minimum Gasteiger partial charge on any atom is -0.870 e. The summed E-state index contributed by atoms with van der Waals surface area (Å²) in [6.07, 6.45) is 15.7. The molecule has 0 amide bonds. The van der Waals surface area contributed by atoms with Gasteiger partial charge in [-0.3, -0.25) is 0 Å². The second-order valence-electron chi connectivity index (χ2n) is 7.43. The topological polar surface area (TPSA) is 33.0 Å². The van der Waals surface area contributed by atoms with Crippen LogP contribution in [0.2, 0.25) is 0 Å². The summed E-state index contributed by atoms with van der Waals surface area (Å²) in [5.41, 5.74) is 2.70. The summed E-state index contributed by atoms with van der Waals surface area (Å²) in [5, 5.41) is 0. The standard InChI is InChI=1S/C17H24N.H2O/c1-2-11-18(10-1)16-12-4-3-5-13(16)15-7-6-14(12)17(15)8-9-17;/h6-7,12-15H,1-5,8-11H2;1H2/q+1;/p-1. The van der Waals surface area contributed by atoms with Crippen LogP contribution in [-0.2, 0) is 0 Å². The van der Waals surface area contributed by atoms with Gasteiger partial charge in [0.15, 0.2) is 5.71 Å². The highest BCUT2D eigenvalue weighted by Gasteiger charge is 2.67. The molecule has 4 aliphatic carbocycles. The van der Waals surface area contributed by atoms with Crippen molar-refractivity contribution in [2.75, 3.05) is 13.1 Å². The zero-order chi connectivity index (χ0) is 11.7. The molecule has 3 saturated carbocycles. The highest BCUT2D eigenvalue weighted by Crippen LogP contribution is 2.70. The zero-order valence-electron chi connectivity index (χ0n) is 11.7. The van der Waals surface area contributed by atoms with Crippen molar-refractivity contribution < 1.29 is 10.1 Å². The van der Waals surface area contributed by atoms with Gasteiger partial charge in [-0.15, -0.1) is 0 Å². The molecule has 1 spiro atoms. The average Bonchev–Trinajstić information content (AvgIpc) is 2.88. The van der Waals surface area contributed by atoms with Crippen LogP contribution in [0.1, 0.15) is 44.9 Å². The maximum absolute atomic E-state index is 2.82. The molecular weight excluding hydrogens is 234 g/mol. The predicted octanol–water partition coefficient (Wildman–Crippen LogP) is 3.07. The van der Waals surface area contributed by atoms with Gasteiger partial charge < -0.3 is 5.48 Å². The Hall–Kier alpha value is -0.630. The van der Waals surface area contributed by atoms with Crippen molar-refractivity contribution >= 4 is 5.71 Å². The Kier molecular flexibility index (Phi) is 2.52. The van der Waals surface area contributed by atoms with Gasteiger partial charge in [0.25, 0.3) is 0 Å². The van der Waals surface area contributed by atoms with Crippen molar-refractivity contribution in [1.29, 1.82) is 0 Å². The van der Waals surface area contributed by atoms with E-state index in [1.807, 2.05) is 5.71 Å². The first-order valence-electron chi connectivity index (χ1n) is 8.20. The second kappa shape index (κ2) is 3.94. The molecule has 1 heterocycles. The van der Waals surface area contributed by atoms with E-state index < -0.39 is 0 Å². The summed E-state index contributed by atoms with van der Waals surface area (Å²) in [5.74, 6) is 3.77. The van der Waals surface area contributed by atoms with Gasteiger partial charge in [-0.25, -0.2) is 4.58 Å². The van der Waals surface area contributed by atoms with E-state index in [1.165, 1.54) is 58.0 Å². The van der Waals surface area contributed by atoms with Crippen LogP contribution in [0, 0.1) is 29.1 Å². The zero-order valence-corrected chi connectivity index (χ0v) is 11.7. The Morgan fingerprint density at radius 2 is 1.47 bits per heavy atom. The van der Waals surface area contributed by atoms with Crippen molar-refractivity contribution in [3.8, 4) is 0 Å². The number of nitrogens with zero attached hydrogens (tertiary/aromatic N) is 1. The Balaban J connectivity index is 0.000000968. The van der Waals surface area contributed by atoms with Crippen molar-refractivity contribution in [2.24, 2.45) is 29.1 Å². The Labute approximate surface area is 115 Å². The lowest BCUT2D eigenvalue weighted by atomic mass is 9.57. The van der Waals surface area contributed by atoms with Gasteiger partial charge in [0.1, 0.15) is 13.1 Å². The van der Waals surface area contributed by atoms with E-state index >= 15 is 0 Å². The quantitative estimate of drug-likeness (QED) is 0.486. The van der Waals surface area contributed by atoms with E-state index in [9.17, 15) is 0 Å². The maximum atomic E-state index is 2.82. The van der Waals surface area contributed by atoms with Crippen molar-refractivity contribution in [3.05, 3.63) is 12.2 Å². The van der Waals surface area contributed by atoms with E-state index in [1.54, 1.807) is 0 Å². The second-order valence-corrected chi connectivity index (χ2v) is 7.43. The molecule has 4 atom stereocenters. The third-order valence-corrected chi connectivity index (χ3v) is 6.81. The summed E-state index contributed by atoms with van der Waals surface area (Å²) >= 11 is 0. The molecule has 4 fully saturated rings. The number of allylic oxidation sites excluding steroid dienone is 2. The van der Waals surface area contributed by atoms with E-state index in [0.717, 1.165) is 29.1 Å². The fraction of sp³-hybridized carbons (Fsp3) is 0.824. The van der Waals surface area contributed by atoms with Gasteiger partial charge in [-0.2, -0.15) is 0 Å².